The number of aromatic nitrogens is 2. The summed E-state index contributed by atoms with van der Waals surface area (Å²) in [6.45, 7) is 6.96. The van der Waals surface area contributed by atoms with Crippen LogP contribution in [0.15, 0.2) is 12.4 Å². The van der Waals surface area contributed by atoms with Gasteiger partial charge in [-0.3, -0.25) is 4.79 Å². The number of carbonyl (C=O) groups is 1. The molecule has 1 atom stereocenters. The van der Waals surface area contributed by atoms with Crippen LogP contribution in [-0.2, 0) is 22.5 Å². The van der Waals surface area contributed by atoms with E-state index in [0.717, 1.165) is 31.8 Å². The number of rotatable bonds is 5. The Balaban J connectivity index is 1.90. The van der Waals surface area contributed by atoms with Crippen LogP contribution in [0.3, 0.4) is 0 Å². The standard InChI is InChI=1S/C14H23N3O2/c1-3-12-11-19-10-9-17(12)14(18)5-7-16-8-6-15-13(16)4-2/h6,8,12H,3-5,7,9-11H2,1-2H3/t12-/m0/s1. The highest BCUT2D eigenvalue weighted by atomic mass is 16.5. The molecule has 0 bridgehead atoms. The molecule has 0 spiro atoms. The zero-order valence-corrected chi connectivity index (χ0v) is 11.8. The first-order valence-electron chi connectivity index (χ1n) is 7.13. The van der Waals surface area contributed by atoms with Gasteiger partial charge in [0.1, 0.15) is 5.82 Å². The molecule has 1 aliphatic heterocycles. The molecule has 0 aromatic carbocycles. The first kappa shape index (κ1) is 14.1. The van der Waals surface area contributed by atoms with Gasteiger partial charge in [-0.2, -0.15) is 0 Å². The Morgan fingerprint density at radius 1 is 1.53 bits per heavy atom. The molecule has 1 aromatic heterocycles. The third-order valence-electron chi connectivity index (χ3n) is 3.70. The van der Waals surface area contributed by atoms with Gasteiger partial charge in [0, 0.05) is 38.3 Å². The second-order valence-electron chi connectivity index (χ2n) is 4.86. The Bertz CT molecular complexity index is 417. The molecule has 0 N–H and O–H groups in total. The number of hydrogen-bond donors (Lipinski definition) is 0. The van der Waals surface area contributed by atoms with E-state index in [0.29, 0.717) is 19.6 Å². The molecule has 0 unspecified atom stereocenters. The van der Waals surface area contributed by atoms with Crippen molar-refractivity contribution in [2.24, 2.45) is 0 Å². The summed E-state index contributed by atoms with van der Waals surface area (Å²) in [5.74, 6) is 1.27. The predicted molar refractivity (Wildman–Crippen MR) is 72.8 cm³/mol. The molecule has 1 fully saturated rings. The van der Waals surface area contributed by atoms with Gasteiger partial charge in [0.05, 0.1) is 19.3 Å². The summed E-state index contributed by atoms with van der Waals surface area (Å²) in [4.78, 5) is 18.6. The van der Waals surface area contributed by atoms with Crippen LogP contribution in [0, 0.1) is 0 Å². The number of carbonyl (C=O) groups excluding carboxylic acids is 1. The topological polar surface area (TPSA) is 47.4 Å². The van der Waals surface area contributed by atoms with Crippen molar-refractivity contribution < 1.29 is 9.53 Å². The van der Waals surface area contributed by atoms with Gasteiger partial charge in [-0.1, -0.05) is 13.8 Å². The van der Waals surface area contributed by atoms with Crippen LogP contribution in [0.4, 0.5) is 0 Å². The number of imidazole rings is 1. The van der Waals surface area contributed by atoms with Crippen LogP contribution in [0.1, 0.15) is 32.5 Å². The molecule has 1 saturated heterocycles. The smallest absolute Gasteiger partial charge is 0.224 e. The molecular formula is C14H23N3O2. The summed E-state index contributed by atoms with van der Waals surface area (Å²) < 4.78 is 7.50. The van der Waals surface area contributed by atoms with Crippen molar-refractivity contribution in [3.05, 3.63) is 18.2 Å². The maximum Gasteiger partial charge on any atom is 0.224 e. The fourth-order valence-corrected chi connectivity index (χ4v) is 2.54. The molecule has 2 heterocycles. The summed E-state index contributed by atoms with van der Waals surface area (Å²) in [6, 6.07) is 0.245. The van der Waals surface area contributed by atoms with E-state index < -0.39 is 0 Å². The van der Waals surface area contributed by atoms with E-state index in [2.05, 4.69) is 23.4 Å². The average molecular weight is 265 g/mol. The lowest BCUT2D eigenvalue weighted by Crippen LogP contribution is -2.48. The molecule has 0 aliphatic carbocycles. The summed E-state index contributed by atoms with van der Waals surface area (Å²) in [6.07, 6.45) is 6.14. The van der Waals surface area contributed by atoms with Crippen molar-refractivity contribution in [2.75, 3.05) is 19.8 Å². The quantitative estimate of drug-likeness (QED) is 0.810. The fraction of sp³-hybridized carbons (Fsp3) is 0.714. The van der Waals surface area contributed by atoms with E-state index in [-0.39, 0.29) is 11.9 Å². The molecule has 5 nitrogen and oxygen atoms in total. The van der Waals surface area contributed by atoms with Crippen molar-refractivity contribution in [3.8, 4) is 0 Å². The molecule has 1 aromatic rings. The van der Waals surface area contributed by atoms with E-state index in [1.807, 2.05) is 11.1 Å². The maximum absolute atomic E-state index is 12.3. The van der Waals surface area contributed by atoms with Gasteiger partial charge < -0.3 is 14.2 Å². The van der Waals surface area contributed by atoms with Crippen LogP contribution in [0.5, 0.6) is 0 Å². The second kappa shape index (κ2) is 6.70. The number of ether oxygens (including phenoxy) is 1. The fourth-order valence-electron chi connectivity index (χ4n) is 2.54. The normalized spacial score (nSPS) is 19.7. The van der Waals surface area contributed by atoms with Gasteiger partial charge in [0.2, 0.25) is 5.91 Å². The highest BCUT2D eigenvalue weighted by Crippen LogP contribution is 2.12. The van der Waals surface area contributed by atoms with Crippen molar-refractivity contribution >= 4 is 5.91 Å². The lowest BCUT2D eigenvalue weighted by atomic mass is 10.1. The summed E-state index contributed by atoms with van der Waals surface area (Å²) in [7, 11) is 0. The highest BCUT2D eigenvalue weighted by molar-refractivity contribution is 5.76. The maximum atomic E-state index is 12.3. The van der Waals surface area contributed by atoms with Crippen LogP contribution < -0.4 is 0 Å². The van der Waals surface area contributed by atoms with Crippen molar-refractivity contribution in [3.63, 3.8) is 0 Å². The molecule has 0 radical (unpaired) electrons. The Morgan fingerprint density at radius 3 is 3.11 bits per heavy atom. The minimum Gasteiger partial charge on any atom is -0.377 e. The third-order valence-corrected chi connectivity index (χ3v) is 3.70. The van der Waals surface area contributed by atoms with E-state index in [1.54, 1.807) is 6.20 Å². The van der Waals surface area contributed by atoms with Crippen LogP contribution in [0.2, 0.25) is 0 Å². The molecule has 1 aliphatic rings. The lowest BCUT2D eigenvalue weighted by Gasteiger charge is -2.35. The third kappa shape index (κ3) is 3.35. The first-order valence-corrected chi connectivity index (χ1v) is 7.13. The number of aryl methyl sites for hydroxylation is 2. The van der Waals surface area contributed by atoms with E-state index in [1.165, 1.54) is 0 Å². The Morgan fingerprint density at radius 2 is 2.37 bits per heavy atom. The van der Waals surface area contributed by atoms with Crippen molar-refractivity contribution in [2.45, 2.75) is 45.7 Å². The Kier molecular flexibility index (Phi) is 4.96. The predicted octanol–water partition coefficient (Wildman–Crippen LogP) is 1.47. The lowest BCUT2D eigenvalue weighted by molar-refractivity contribution is -0.140. The molecule has 2 rings (SSSR count). The van der Waals surface area contributed by atoms with Gasteiger partial charge in [0.15, 0.2) is 0 Å². The molecule has 106 valence electrons. The monoisotopic (exact) mass is 265 g/mol. The SMILES string of the molecule is CCc1nccn1CCC(=O)N1CCOC[C@@H]1CC. The number of morpholine rings is 1. The molecule has 19 heavy (non-hydrogen) atoms. The van der Waals surface area contributed by atoms with Gasteiger partial charge in [-0.15, -0.1) is 0 Å². The van der Waals surface area contributed by atoms with E-state index in [9.17, 15) is 4.79 Å². The van der Waals surface area contributed by atoms with Gasteiger partial charge in [0.25, 0.3) is 0 Å². The van der Waals surface area contributed by atoms with Crippen molar-refractivity contribution in [1.29, 1.82) is 0 Å². The summed E-state index contributed by atoms with van der Waals surface area (Å²) in [5, 5.41) is 0. The van der Waals surface area contributed by atoms with Crippen LogP contribution >= 0.6 is 0 Å². The largest absolute Gasteiger partial charge is 0.377 e. The number of amides is 1. The molecule has 1 amide bonds. The molecular weight excluding hydrogens is 242 g/mol. The van der Waals surface area contributed by atoms with Crippen molar-refractivity contribution in [1.82, 2.24) is 14.5 Å². The summed E-state index contributed by atoms with van der Waals surface area (Å²) in [5.41, 5.74) is 0. The van der Waals surface area contributed by atoms with Gasteiger partial charge in [-0.25, -0.2) is 4.98 Å². The Hall–Kier alpha value is -1.36. The van der Waals surface area contributed by atoms with Crippen LogP contribution in [-0.4, -0.2) is 46.2 Å². The van der Waals surface area contributed by atoms with E-state index >= 15 is 0 Å². The number of hydrogen-bond acceptors (Lipinski definition) is 3. The second-order valence-corrected chi connectivity index (χ2v) is 4.86. The Labute approximate surface area is 114 Å². The summed E-state index contributed by atoms with van der Waals surface area (Å²) >= 11 is 0. The minimum absolute atomic E-state index is 0.228. The first-order chi connectivity index (χ1) is 9.26. The van der Waals surface area contributed by atoms with Crippen LogP contribution in [0.25, 0.3) is 0 Å². The molecule has 0 saturated carbocycles. The molecule has 5 heteroatoms. The van der Waals surface area contributed by atoms with E-state index in [4.69, 9.17) is 4.74 Å². The average Bonchev–Trinajstić information content (AvgIpc) is 2.92. The number of nitrogens with zero attached hydrogens (tertiary/aromatic N) is 3. The van der Waals surface area contributed by atoms with Gasteiger partial charge >= 0.3 is 0 Å². The van der Waals surface area contributed by atoms with Gasteiger partial charge in [-0.05, 0) is 6.42 Å². The zero-order chi connectivity index (χ0) is 13.7. The zero-order valence-electron chi connectivity index (χ0n) is 11.8. The highest BCUT2D eigenvalue weighted by Gasteiger charge is 2.25. The minimum atomic E-state index is 0.228.